The molecular weight excluding hydrogens is 202 g/mol. The fourth-order valence-corrected chi connectivity index (χ4v) is 3.45. The third-order valence-corrected chi connectivity index (χ3v) is 4.70. The van der Waals surface area contributed by atoms with Gasteiger partial charge in [0.2, 0.25) is 0 Å². The maximum Gasteiger partial charge on any atom is 0.0173 e. The van der Waals surface area contributed by atoms with Crippen LogP contribution in [0.4, 0.5) is 0 Å². The Hall–Kier alpha value is 0.310. The third-order valence-electron chi connectivity index (χ3n) is 4.12. The minimum absolute atomic E-state index is 0.627. The third kappa shape index (κ3) is 2.91. The summed E-state index contributed by atoms with van der Waals surface area (Å²) in [4.78, 5) is 2.69. The van der Waals surface area contributed by atoms with Crippen LogP contribution in [0.15, 0.2) is 0 Å². The standard InChI is InChI=1S/C13H25NS/c1-10(2)8-11-6-7-14(9-13(11)15)12-4-3-5-12/h10-13,15H,3-9H2,1-2H3/t11-,13+/m1/s1. The fourth-order valence-electron chi connectivity index (χ4n) is 2.97. The maximum atomic E-state index is 4.81. The Labute approximate surface area is 100 Å². The van der Waals surface area contributed by atoms with E-state index in [0.29, 0.717) is 5.25 Å². The average molecular weight is 227 g/mol. The van der Waals surface area contributed by atoms with Crippen LogP contribution < -0.4 is 0 Å². The second-order valence-electron chi connectivity index (χ2n) is 5.83. The van der Waals surface area contributed by atoms with Gasteiger partial charge in [0.15, 0.2) is 0 Å². The molecule has 2 atom stereocenters. The van der Waals surface area contributed by atoms with Gasteiger partial charge in [0.05, 0.1) is 0 Å². The zero-order valence-electron chi connectivity index (χ0n) is 10.2. The molecule has 1 heterocycles. The molecule has 15 heavy (non-hydrogen) atoms. The summed E-state index contributed by atoms with van der Waals surface area (Å²) in [6.07, 6.45) is 7.08. The van der Waals surface area contributed by atoms with Gasteiger partial charge in [-0.2, -0.15) is 12.6 Å². The van der Waals surface area contributed by atoms with Crippen molar-refractivity contribution in [2.24, 2.45) is 11.8 Å². The molecule has 0 N–H and O–H groups in total. The van der Waals surface area contributed by atoms with E-state index in [1.807, 2.05) is 0 Å². The maximum absolute atomic E-state index is 4.81. The summed E-state index contributed by atoms with van der Waals surface area (Å²) in [5, 5.41) is 0.627. The highest BCUT2D eigenvalue weighted by Gasteiger charge is 2.32. The molecule has 0 aromatic heterocycles. The molecule has 1 aliphatic carbocycles. The van der Waals surface area contributed by atoms with Crippen LogP contribution in [0.1, 0.15) is 46.0 Å². The number of hydrogen-bond donors (Lipinski definition) is 1. The van der Waals surface area contributed by atoms with Gasteiger partial charge in [-0.05, 0) is 44.1 Å². The van der Waals surface area contributed by atoms with Crippen LogP contribution in [-0.4, -0.2) is 29.3 Å². The molecule has 1 saturated carbocycles. The molecule has 88 valence electrons. The lowest BCUT2D eigenvalue weighted by atomic mass is 9.84. The Morgan fingerprint density at radius 2 is 2.00 bits per heavy atom. The summed E-state index contributed by atoms with van der Waals surface area (Å²) in [5.41, 5.74) is 0. The summed E-state index contributed by atoms with van der Waals surface area (Å²) in [6, 6.07) is 0.916. The normalized spacial score (nSPS) is 34.4. The molecule has 0 amide bonds. The SMILES string of the molecule is CC(C)C[C@H]1CCN(C2CCC2)C[C@@H]1S. The van der Waals surface area contributed by atoms with E-state index in [-0.39, 0.29) is 0 Å². The molecule has 0 unspecified atom stereocenters. The van der Waals surface area contributed by atoms with Crippen LogP contribution in [0.5, 0.6) is 0 Å². The van der Waals surface area contributed by atoms with E-state index in [1.165, 1.54) is 45.2 Å². The van der Waals surface area contributed by atoms with E-state index >= 15 is 0 Å². The van der Waals surface area contributed by atoms with Gasteiger partial charge in [0.1, 0.15) is 0 Å². The number of thiol groups is 1. The van der Waals surface area contributed by atoms with Gasteiger partial charge < -0.3 is 0 Å². The summed E-state index contributed by atoms with van der Waals surface area (Å²) < 4.78 is 0. The lowest BCUT2D eigenvalue weighted by Gasteiger charge is -2.44. The van der Waals surface area contributed by atoms with Gasteiger partial charge in [0, 0.05) is 17.8 Å². The summed E-state index contributed by atoms with van der Waals surface area (Å²) >= 11 is 4.81. The first-order valence-electron chi connectivity index (χ1n) is 6.59. The van der Waals surface area contributed by atoms with Crippen LogP contribution >= 0.6 is 12.6 Å². The summed E-state index contributed by atoms with van der Waals surface area (Å²) in [6.45, 7) is 7.24. The van der Waals surface area contributed by atoms with Crippen LogP contribution in [-0.2, 0) is 0 Å². The van der Waals surface area contributed by atoms with Crippen LogP contribution in [0.25, 0.3) is 0 Å². The molecule has 0 bridgehead atoms. The van der Waals surface area contributed by atoms with Gasteiger partial charge in [0.25, 0.3) is 0 Å². The molecular formula is C13H25NS. The van der Waals surface area contributed by atoms with Crippen molar-refractivity contribution < 1.29 is 0 Å². The predicted molar refractivity (Wildman–Crippen MR) is 69.5 cm³/mol. The first kappa shape index (κ1) is 11.8. The zero-order valence-corrected chi connectivity index (χ0v) is 11.0. The molecule has 2 rings (SSSR count). The average Bonchev–Trinajstić information content (AvgIpc) is 2.06. The number of nitrogens with zero attached hydrogens (tertiary/aromatic N) is 1. The zero-order chi connectivity index (χ0) is 10.8. The minimum Gasteiger partial charge on any atom is -0.299 e. The van der Waals surface area contributed by atoms with Crippen molar-refractivity contribution in [2.75, 3.05) is 13.1 Å². The van der Waals surface area contributed by atoms with Crippen LogP contribution in [0.3, 0.4) is 0 Å². The van der Waals surface area contributed by atoms with Gasteiger partial charge in [-0.3, -0.25) is 4.90 Å². The molecule has 2 aliphatic rings. The van der Waals surface area contributed by atoms with Crippen molar-refractivity contribution in [1.29, 1.82) is 0 Å². The second kappa shape index (κ2) is 5.09. The van der Waals surface area contributed by atoms with Crippen LogP contribution in [0.2, 0.25) is 0 Å². The topological polar surface area (TPSA) is 3.24 Å². The molecule has 2 fully saturated rings. The summed E-state index contributed by atoms with van der Waals surface area (Å²) in [7, 11) is 0. The number of likely N-dealkylation sites (tertiary alicyclic amines) is 1. The van der Waals surface area contributed by atoms with Crippen molar-refractivity contribution in [3.63, 3.8) is 0 Å². The van der Waals surface area contributed by atoms with E-state index in [2.05, 4.69) is 18.7 Å². The smallest absolute Gasteiger partial charge is 0.0173 e. The lowest BCUT2D eigenvalue weighted by molar-refractivity contribution is 0.0843. The molecule has 2 heteroatoms. The van der Waals surface area contributed by atoms with Crippen molar-refractivity contribution in [3.8, 4) is 0 Å². The highest BCUT2D eigenvalue weighted by molar-refractivity contribution is 7.81. The molecule has 0 spiro atoms. The largest absolute Gasteiger partial charge is 0.299 e. The Balaban J connectivity index is 1.79. The first-order valence-corrected chi connectivity index (χ1v) is 7.10. The molecule has 1 saturated heterocycles. The van der Waals surface area contributed by atoms with E-state index in [9.17, 15) is 0 Å². The fraction of sp³-hybridized carbons (Fsp3) is 1.00. The monoisotopic (exact) mass is 227 g/mol. The molecule has 0 aromatic carbocycles. The number of hydrogen-bond acceptors (Lipinski definition) is 2. The second-order valence-corrected chi connectivity index (χ2v) is 6.49. The number of piperidine rings is 1. The minimum atomic E-state index is 0.627. The highest BCUT2D eigenvalue weighted by atomic mass is 32.1. The first-order chi connectivity index (χ1) is 7.16. The van der Waals surface area contributed by atoms with Crippen molar-refractivity contribution >= 4 is 12.6 Å². The molecule has 1 aliphatic heterocycles. The van der Waals surface area contributed by atoms with E-state index < -0.39 is 0 Å². The van der Waals surface area contributed by atoms with Gasteiger partial charge >= 0.3 is 0 Å². The van der Waals surface area contributed by atoms with Gasteiger partial charge in [-0.15, -0.1) is 0 Å². The Morgan fingerprint density at radius 1 is 1.27 bits per heavy atom. The Bertz CT molecular complexity index is 201. The molecule has 0 radical (unpaired) electrons. The predicted octanol–water partition coefficient (Wildman–Crippen LogP) is 3.21. The van der Waals surface area contributed by atoms with Crippen molar-refractivity contribution in [3.05, 3.63) is 0 Å². The number of rotatable bonds is 3. The van der Waals surface area contributed by atoms with Gasteiger partial charge in [-0.25, -0.2) is 0 Å². The highest BCUT2D eigenvalue weighted by Crippen LogP contribution is 2.33. The van der Waals surface area contributed by atoms with Crippen LogP contribution in [0, 0.1) is 11.8 Å². The Morgan fingerprint density at radius 3 is 2.47 bits per heavy atom. The molecule has 0 aromatic rings. The van der Waals surface area contributed by atoms with Crippen molar-refractivity contribution in [1.82, 2.24) is 4.90 Å². The lowest BCUT2D eigenvalue weighted by Crippen LogP contribution is -2.49. The Kier molecular flexibility index (Phi) is 4.00. The summed E-state index contributed by atoms with van der Waals surface area (Å²) in [5.74, 6) is 1.70. The van der Waals surface area contributed by atoms with Gasteiger partial charge in [-0.1, -0.05) is 20.3 Å². The van der Waals surface area contributed by atoms with E-state index in [0.717, 1.165) is 17.9 Å². The quantitative estimate of drug-likeness (QED) is 0.725. The van der Waals surface area contributed by atoms with Crippen molar-refractivity contribution in [2.45, 2.75) is 57.2 Å². The van der Waals surface area contributed by atoms with E-state index in [1.54, 1.807) is 0 Å². The molecule has 1 nitrogen and oxygen atoms in total. The van der Waals surface area contributed by atoms with E-state index in [4.69, 9.17) is 12.6 Å².